The van der Waals surface area contributed by atoms with Crippen LogP contribution in [0.2, 0.25) is 0 Å². The Labute approximate surface area is 96.5 Å². The molecule has 1 fully saturated rings. The molecule has 90 valence electrons. The summed E-state index contributed by atoms with van der Waals surface area (Å²) in [4.78, 5) is 34.7. The zero-order valence-electron chi connectivity index (χ0n) is 8.96. The van der Waals surface area contributed by atoms with Crippen LogP contribution in [-0.4, -0.2) is 34.5 Å². The summed E-state index contributed by atoms with van der Waals surface area (Å²) < 4.78 is 4.58. The molecular weight excluding hydrogens is 226 g/mol. The molecule has 0 aromatic carbocycles. The highest BCUT2D eigenvalue weighted by atomic mass is 16.4. The summed E-state index contributed by atoms with van der Waals surface area (Å²) in [6, 6.07) is 2.47. The van der Waals surface area contributed by atoms with Gasteiger partial charge in [0.1, 0.15) is 12.8 Å². The van der Waals surface area contributed by atoms with Crippen LogP contribution >= 0.6 is 0 Å². The first kappa shape index (κ1) is 11.4. The molecule has 1 aromatic heterocycles. The Balaban J connectivity index is 2.18. The number of hydrogen-bond acceptors (Lipinski definition) is 4. The van der Waals surface area contributed by atoms with Crippen LogP contribution in [0, 0.1) is 0 Å². The van der Waals surface area contributed by atoms with Crippen LogP contribution in [-0.2, 0) is 4.79 Å². The van der Waals surface area contributed by atoms with E-state index in [0.717, 1.165) is 25.2 Å². The lowest BCUT2D eigenvalue weighted by Crippen LogP contribution is -2.37. The number of carboxylic acid groups (broad SMARTS) is 1. The van der Waals surface area contributed by atoms with Gasteiger partial charge < -0.3 is 14.4 Å². The molecule has 1 N–H and O–H groups in total. The zero-order valence-corrected chi connectivity index (χ0v) is 8.96. The molecule has 0 unspecified atom stereocenters. The van der Waals surface area contributed by atoms with E-state index in [0.29, 0.717) is 0 Å². The lowest BCUT2D eigenvalue weighted by molar-refractivity contribution is -0.137. The maximum absolute atomic E-state index is 12.0. The van der Waals surface area contributed by atoms with Gasteiger partial charge in [0.2, 0.25) is 0 Å². The average molecular weight is 237 g/mol. The number of carboxylic acids is 1. The maximum atomic E-state index is 12.0. The molecule has 1 saturated carbocycles. The third kappa shape index (κ3) is 2.72. The van der Waals surface area contributed by atoms with Gasteiger partial charge in [-0.15, -0.1) is 0 Å². The van der Waals surface area contributed by atoms with Crippen molar-refractivity contribution in [3.05, 3.63) is 34.4 Å². The fourth-order valence-corrected chi connectivity index (χ4v) is 1.54. The molecule has 17 heavy (non-hydrogen) atoms. The third-order valence-electron chi connectivity index (χ3n) is 2.50. The van der Waals surface area contributed by atoms with Crippen molar-refractivity contribution in [1.29, 1.82) is 0 Å². The number of carbonyl (C=O) groups excluding carboxylic acids is 1. The molecular formula is C11H11NO5. The smallest absolute Gasteiger partial charge is 0.335 e. The normalized spacial score (nSPS) is 14.4. The van der Waals surface area contributed by atoms with Crippen LogP contribution in [0.4, 0.5) is 0 Å². The van der Waals surface area contributed by atoms with Gasteiger partial charge in [0.25, 0.3) is 5.91 Å². The first-order valence-corrected chi connectivity index (χ1v) is 5.19. The van der Waals surface area contributed by atoms with Crippen LogP contribution in [0.15, 0.2) is 27.6 Å². The van der Waals surface area contributed by atoms with Crippen molar-refractivity contribution in [3.8, 4) is 0 Å². The van der Waals surface area contributed by atoms with Crippen LogP contribution < -0.4 is 5.63 Å². The van der Waals surface area contributed by atoms with E-state index in [1.54, 1.807) is 0 Å². The molecule has 1 aliphatic rings. The Morgan fingerprint density at radius 3 is 2.59 bits per heavy atom. The van der Waals surface area contributed by atoms with Gasteiger partial charge in [0.15, 0.2) is 0 Å². The molecule has 2 rings (SSSR count). The summed E-state index contributed by atoms with van der Waals surface area (Å²) in [6.45, 7) is -0.331. The summed E-state index contributed by atoms with van der Waals surface area (Å²) in [5.41, 5.74) is -0.351. The Bertz CT molecular complexity index is 482. The third-order valence-corrected chi connectivity index (χ3v) is 2.50. The summed E-state index contributed by atoms with van der Waals surface area (Å²) in [5, 5.41) is 8.73. The predicted octanol–water partition coefficient (Wildman–Crippen LogP) is 0.329. The Kier molecular flexibility index (Phi) is 2.95. The number of hydrogen-bond donors (Lipinski definition) is 1. The fraction of sp³-hybridized carbons (Fsp3) is 0.364. The van der Waals surface area contributed by atoms with Crippen molar-refractivity contribution >= 4 is 11.9 Å². The highest BCUT2D eigenvalue weighted by molar-refractivity contribution is 5.95. The van der Waals surface area contributed by atoms with Gasteiger partial charge in [-0.2, -0.15) is 0 Å². The molecule has 0 saturated heterocycles. The van der Waals surface area contributed by atoms with Gasteiger partial charge in [0, 0.05) is 12.1 Å². The van der Waals surface area contributed by atoms with E-state index in [1.165, 1.54) is 11.0 Å². The van der Waals surface area contributed by atoms with Crippen molar-refractivity contribution in [3.63, 3.8) is 0 Å². The second-order valence-electron chi connectivity index (χ2n) is 3.90. The van der Waals surface area contributed by atoms with E-state index in [1.807, 2.05) is 0 Å². The van der Waals surface area contributed by atoms with Crippen molar-refractivity contribution in [2.75, 3.05) is 6.54 Å². The van der Waals surface area contributed by atoms with E-state index >= 15 is 0 Å². The minimum atomic E-state index is -1.05. The van der Waals surface area contributed by atoms with E-state index < -0.39 is 17.5 Å². The fourth-order valence-electron chi connectivity index (χ4n) is 1.54. The lowest BCUT2D eigenvalue weighted by Gasteiger charge is -2.19. The topological polar surface area (TPSA) is 87.8 Å². The van der Waals surface area contributed by atoms with Gasteiger partial charge in [-0.05, 0) is 18.9 Å². The molecule has 0 bridgehead atoms. The van der Waals surface area contributed by atoms with Crippen molar-refractivity contribution in [2.45, 2.75) is 18.9 Å². The molecule has 0 atom stereocenters. The minimum absolute atomic E-state index is 0.00877. The van der Waals surface area contributed by atoms with Crippen LogP contribution in [0.5, 0.6) is 0 Å². The van der Waals surface area contributed by atoms with E-state index in [-0.39, 0.29) is 18.2 Å². The maximum Gasteiger partial charge on any atom is 0.335 e. The first-order valence-electron chi connectivity index (χ1n) is 5.19. The minimum Gasteiger partial charge on any atom is -0.480 e. The van der Waals surface area contributed by atoms with Gasteiger partial charge >= 0.3 is 11.6 Å². The summed E-state index contributed by atoms with van der Waals surface area (Å²) in [7, 11) is 0. The highest BCUT2D eigenvalue weighted by Gasteiger charge is 2.34. The summed E-state index contributed by atoms with van der Waals surface area (Å²) >= 11 is 0. The van der Waals surface area contributed by atoms with Crippen molar-refractivity contribution in [2.24, 2.45) is 0 Å². The molecule has 1 aromatic rings. The van der Waals surface area contributed by atoms with Gasteiger partial charge in [-0.3, -0.25) is 9.59 Å². The van der Waals surface area contributed by atoms with E-state index in [2.05, 4.69) is 4.42 Å². The quantitative estimate of drug-likeness (QED) is 0.815. The molecule has 1 heterocycles. The number of amides is 1. The van der Waals surface area contributed by atoms with Gasteiger partial charge in [0.05, 0.1) is 5.56 Å². The monoisotopic (exact) mass is 237 g/mol. The van der Waals surface area contributed by atoms with Crippen molar-refractivity contribution in [1.82, 2.24) is 4.90 Å². The number of aliphatic carboxylic acids is 1. The second-order valence-corrected chi connectivity index (χ2v) is 3.90. The average Bonchev–Trinajstić information content (AvgIpc) is 3.09. The molecule has 0 radical (unpaired) electrons. The molecule has 0 aliphatic heterocycles. The van der Waals surface area contributed by atoms with Crippen LogP contribution in [0.3, 0.4) is 0 Å². The standard InChI is InChI=1S/C11H11NO5/c13-9(14)5-12(8-2-3-8)11(16)7-1-4-10(15)17-6-7/h1,4,6,8H,2-3,5H2,(H,13,14). The summed E-state index contributed by atoms with van der Waals surface area (Å²) in [6.07, 6.45) is 2.69. The van der Waals surface area contributed by atoms with E-state index in [9.17, 15) is 14.4 Å². The molecule has 6 nitrogen and oxygen atoms in total. The molecule has 6 heteroatoms. The SMILES string of the molecule is O=C(O)CN(C(=O)c1ccc(=O)oc1)C1CC1. The largest absolute Gasteiger partial charge is 0.480 e. The molecule has 1 aliphatic carbocycles. The predicted molar refractivity (Wildman–Crippen MR) is 56.7 cm³/mol. The Morgan fingerprint density at radius 2 is 2.12 bits per heavy atom. The zero-order chi connectivity index (χ0) is 12.4. The number of carbonyl (C=O) groups is 2. The molecule has 0 spiro atoms. The summed E-state index contributed by atoms with van der Waals surface area (Å²) in [5.74, 6) is -1.47. The van der Waals surface area contributed by atoms with E-state index in [4.69, 9.17) is 5.11 Å². The van der Waals surface area contributed by atoms with Crippen LogP contribution in [0.1, 0.15) is 23.2 Å². The number of rotatable bonds is 4. The van der Waals surface area contributed by atoms with Gasteiger partial charge in [-0.1, -0.05) is 0 Å². The van der Waals surface area contributed by atoms with Gasteiger partial charge in [-0.25, -0.2) is 4.79 Å². The first-order chi connectivity index (χ1) is 8.08. The Hall–Kier alpha value is -2.11. The highest BCUT2D eigenvalue weighted by Crippen LogP contribution is 2.27. The Morgan fingerprint density at radius 1 is 1.41 bits per heavy atom. The number of nitrogens with zero attached hydrogens (tertiary/aromatic N) is 1. The van der Waals surface area contributed by atoms with Crippen LogP contribution in [0.25, 0.3) is 0 Å². The van der Waals surface area contributed by atoms with Crippen molar-refractivity contribution < 1.29 is 19.1 Å². The second kappa shape index (κ2) is 4.40. The molecule has 1 amide bonds. The lowest BCUT2D eigenvalue weighted by atomic mass is 10.2.